The zero-order chi connectivity index (χ0) is 36.0. The molecule has 1 unspecified atom stereocenters. The van der Waals surface area contributed by atoms with Gasteiger partial charge in [0.05, 0.1) is 34.1 Å². The lowest BCUT2D eigenvalue weighted by atomic mass is 10.1. The lowest BCUT2D eigenvalue weighted by Crippen LogP contribution is -2.47. The molecule has 4 aromatic heterocycles. The molecule has 3 aliphatic rings. The molecule has 3 fully saturated rings. The van der Waals surface area contributed by atoms with Gasteiger partial charge in [-0.2, -0.15) is 14.3 Å². The van der Waals surface area contributed by atoms with Crippen molar-refractivity contribution in [3.63, 3.8) is 0 Å². The summed E-state index contributed by atoms with van der Waals surface area (Å²) in [5.41, 5.74) is 3.51. The number of hydrogen-bond acceptors (Lipinski definition) is 13. The summed E-state index contributed by atoms with van der Waals surface area (Å²) < 4.78 is 28.2. The van der Waals surface area contributed by atoms with Crippen LogP contribution in [0.25, 0.3) is 22.3 Å². The number of rotatable bonds is 11. The Hall–Kier alpha value is -5.42. The van der Waals surface area contributed by atoms with Gasteiger partial charge in [0.15, 0.2) is 11.6 Å². The summed E-state index contributed by atoms with van der Waals surface area (Å²) in [6.07, 6.45) is 8.54. The molecule has 0 radical (unpaired) electrons. The maximum atomic E-state index is 12.6. The summed E-state index contributed by atoms with van der Waals surface area (Å²) in [6.45, 7) is 8.42. The molecule has 270 valence electrons. The van der Waals surface area contributed by atoms with Crippen molar-refractivity contribution in [3.05, 3.63) is 66.7 Å². The molecule has 1 aromatic carbocycles. The van der Waals surface area contributed by atoms with Gasteiger partial charge in [-0.05, 0) is 56.9 Å². The van der Waals surface area contributed by atoms with Crippen molar-refractivity contribution >= 4 is 55.9 Å². The fourth-order valence-corrected chi connectivity index (χ4v) is 8.08. The molecule has 52 heavy (non-hydrogen) atoms. The Kier molecular flexibility index (Phi) is 8.82. The van der Waals surface area contributed by atoms with E-state index < -0.39 is 16.1 Å². The van der Waals surface area contributed by atoms with Gasteiger partial charge in [0, 0.05) is 69.3 Å². The number of fused-ring (bicyclic) bond motifs is 1. The third-order valence-corrected chi connectivity index (χ3v) is 11.6. The molecule has 1 aliphatic carbocycles. The summed E-state index contributed by atoms with van der Waals surface area (Å²) in [5, 5.41) is 18.6. The van der Waals surface area contributed by atoms with Crippen molar-refractivity contribution in [2.75, 3.05) is 41.7 Å². The van der Waals surface area contributed by atoms with E-state index in [0.29, 0.717) is 48.7 Å². The Labute approximate surface area is 300 Å². The number of nitrogens with zero attached hydrogens (tertiary/aromatic N) is 9. The maximum absolute atomic E-state index is 12.6. The number of aromatic nitrogens is 7. The molecule has 17 heteroatoms. The standard InChI is InChI=1S/C35H40N12O4S/c1-22(2)47-29-17-31(40-30-11-12-36-33(41-30)24-18-38-46(21-24)52(50,51)26-7-8-26)37-19-27(29)34(43-47)45-15-13-44(14-16-45)20-23-3-5-25(6-4-23)39-28-9-10-32(48)42-35(28)49/h3-6,11-12,17-19,21-22,26,28,39H,7-10,13-16,20H2,1-2H3,(H,42,48,49)(H,36,37,40,41). The fourth-order valence-electron chi connectivity index (χ4n) is 6.60. The van der Waals surface area contributed by atoms with Gasteiger partial charge < -0.3 is 15.5 Å². The molecule has 2 aliphatic heterocycles. The van der Waals surface area contributed by atoms with E-state index in [1.54, 1.807) is 12.3 Å². The second-order valence-electron chi connectivity index (χ2n) is 13.8. The Bertz CT molecular complexity index is 2240. The molecule has 6 heterocycles. The first-order valence-corrected chi connectivity index (χ1v) is 19.1. The van der Waals surface area contributed by atoms with E-state index in [-0.39, 0.29) is 23.1 Å². The molecule has 0 spiro atoms. The van der Waals surface area contributed by atoms with Gasteiger partial charge in [0.1, 0.15) is 17.7 Å². The molecule has 1 atom stereocenters. The first kappa shape index (κ1) is 33.7. The predicted octanol–water partition coefficient (Wildman–Crippen LogP) is 3.29. The van der Waals surface area contributed by atoms with Gasteiger partial charge in [0.25, 0.3) is 10.0 Å². The van der Waals surface area contributed by atoms with E-state index in [2.05, 4.69) is 66.8 Å². The second-order valence-corrected chi connectivity index (χ2v) is 15.9. The monoisotopic (exact) mass is 724 g/mol. The number of anilines is 4. The van der Waals surface area contributed by atoms with E-state index in [0.717, 1.165) is 59.2 Å². The molecule has 0 bridgehead atoms. The Morgan fingerprint density at radius 3 is 2.48 bits per heavy atom. The first-order chi connectivity index (χ1) is 25.1. The minimum Gasteiger partial charge on any atom is -0.374 e. The van der Waals surface area contributed by atoms with Gasteiger partial charge in [-0.25, -0.2) is 23.4 Å². The van der Waals surface area contributed by atoms with Gasteiger partial charge in [0.2, 0.25) is 11.8 Å². The van der Waals surface area contributed by atoms with Crippen molar-refractivity contribution in [1.82, 2.24) is 44.1 Å². The lowest BCUT2D eigenvalue weighted by Gasteiger charge is -2.35. The minimum atomic E-state index is -3.48. The molecule has 16 nitrogen and oxygen atoms in total. The first-order valence-electron chi connectivity index (χ1n) is 17.5. The van der Waals surface area contributed by atoms with Crippen molar-refractivity contribution in [3.8, 4) is 11.4 Å². The molecule has 3 N–H and O–H groups in total. The van der Waals surface area contributed by atoms with E-state index in [9.17, 15) is 18.0 Å². The number of benzene rings is 1. The summed E-state index contributed by atoms with van der Waals surface area (Å²) in [4.78, 5) is 42.0. The Morgan fingerprint density at radius 1 is 0.962 bits per heavy atom. The molecule has 2 amide bonds. The van der Waals surface area contributed by atoms with Crippen LogP contribution in [0.3, 0.4) is 0 Å². The third-order valence-electron chi connectivity index (χ3n) is 9.61. The van der Waals surface area contributed by atoms with Gasteiger partial charge in [-0.15, -0.1) is 0 Å². The summed E-state index contributed by atoms with van der Waals surface area (Å²) >= 11 is 0. The number of hydrogen-bond donors (Lipinski definition) is 3. The largest absolute Gasteiger partial charge is 0.374 e. The van der Waals surface area contributed by atoms with Crippen LogP contribution in [-0.2, 0) is 26.2 Å². The number of piperazine rings is 1. The highest BCUT2D eigenvalue weighted by atomic mass is 32.2. The topological polar surface area (TPSA) is 185 Å². The van der Waals surface area contributed by atoms with Crippen LogP contribution >= 0.6 is 0 Å². The zero-order valence-electron chi connectivity index (χ0n) is 28.9. The second kappa shape index (κ2) is 13.6. The number of nitrogens with one attached hydrogen (secondary N) is 3. The van der Waals surface area contributed by atoms with Crippen LogP contribution in [0.4, 0.5) is 23.1 Å². The van der Waals surface area contributed by atoms with E-state index >= 15 is 0 Å². The lowest BCUT2D eigenvalue weighted by molar-refractivity contribution is -0.133. The minimum absolute atomic E-state index is 0.120. The van der Waals surface area contributed by atoms with Crippen molar-refractivity contribution in [2.24, 2.45) is 0 Å². The summed E-state index contributed by atoms with van der Waals surface area (Å²) in [7, 11) is -3.48. The Morgan fingerprint density at radius 2 is 1.75 bits per heavy atom. The number of pyridine rings is 1. The highest BCUT2D eigenvalue weighted by Gasteiger charge is 2.38. The summed E-state index contributed by atoms with van der Waals surface area (Å²) in [6, 6.07) is 11.6. The van der Waals surface area contributed by atoms with Crippen molar-refractivity contribution < 1.29 is 18.0 Å². The highest BCUT2D eigenvalue weighted by molar-refractivity contribution is 7.90. The summed E-state index contributed by atoms with van der Waals surface area (Å²) in [5.74, 6) is 1.88. The van der Waals surface area contributed by atoms with E-state index in [1.807, 2.05) is 29.1 Å². The fraction of sp³-hybridized carbons (Fsp3) is 0.400. The van der Waals surface area contributed by atoms with Gasteiger partial charge in [-0.1, -0.05) is 12.1 Å². The van der Waals surface area contributed by atoms with Crippen LogP contribution < -0.4 is 20.9 Å². The van der Waals surface area contributed by atoms with Gasteiger partial charge >= 0.3 is 0 Å². The zero-order valence-corrected chi connectivity index (χ0v) is 29.8. The molecular weight excluding hydrogens is 685 g/mol. The molecule has 2 saturated heterocycles. The van der Waals surface area contributed by atoms with Crippen molar-refractivity contribution in [2.45, 2.75) is 63.4 Å². The van der Waals surface area contributed by atoms with Gasteiger partial charge in [-0.3, -0.25) is 24.5 Å². The number of imide groups is 1. The predicted molar refractivity (Wildman–Crippen MR) is 196 cm³/mol. The average molecular weight is 725 g/mol. The van der Waals surface area contributed by atoms with Crippen LogP contribution in [0.15, 0.2) is 61.2 Å². The SMILES string of the molecule is CC(C)n1nc(N2CCN(Cc3ccc(NC4CCC(=O)NC4=O)cc3)CC2)c2cnc(Nc3ccnc(-c4cnn(S(=O)(=O)C5CC5)c4)n3)cc21. The highest BCUT2D eigenvalue weighted by Crippen LogP contribution is 2.32. The molecule has 8 rings (SSSR count). The average Bonchev–Trinajstić information content (AvgIpc) is 3.76. The maximum Gasteiger partial charge on any atom is 0.256 e. The van der Waals surface area contributed by atoms with Crippen LogP contribution in [0.5, 0.6) is 0 Å². The van der Waals surface area contributed by atoms with Crippen LogP contribution in [0.2, 0.25) is 0 Å². The van der Waals surface area contributed by atoms with Crippen LogP contribution in [0.1, 0.15) is 51.1 Å². The number of amides is 2. The number of carbonyl (C=O) groups excluding carboxylic acids is 2. The Balaban J connectivity index is 0.916. The normalized spacial score (nSPS) is 18.6. The van der Waals surface area contributed by atoms with Crippen molar-refractivity contribution in [1.29, 1.82) is 0 Å². The quantitative estimate of drug-likeness (QED) is 0.169. The third kappa shape index (κ3) is 6.92. The van der Waals surface area contributed by atoms with E-state index in [4.69, 9.17) is 10.1 Å². The van der Waals surface area contributed by atoms with Crippen LogP contribution in [0, 0.1) is 0 Å². The number of carbonyl (C=O) groups is 2. The molecule has 1 saturated carbocycles. The smallest absolute Gasteiger partial charge is 0.256 e. The number of piperidine rings is 1. The molecule has 5 aromatic rings. The van der Waals surface area contributed by atoms with E-state index in [1.165, 1.54) is 18.0 Å². The van der Waals surface area contributed by atoms with Crippen LogP contribution in [-0.4, -0.2) is 96.5 Å². The molecular formula is C35H40N12O4S.